The third-order valence-electron chi connectivity index (χ3n) is 4.23. The van der Waals surface area contributed by atoms with Gasteiger partial charge in [0.25, 0.3) is 0 Å². The minimum atomic E-state index is 0.685. The summed E-state index contributed by atoms with van der Waals surface area (Å²) in [4.78, 5) is 12.4. The highest BCUT2D eigenvalue weighted by molar-refractivity contribution is 5.78. The summed E-state index contributed by atoms with van der Waals surface area (Å²) >= 11 is 0. The van der Waals surface area contributed by atoms with Crippen LogP contribution in [0, 0.1) is 11.3 Å². The van der Waals surface area contributed by atoms with Gasteiger partial charge in [-0.3, -0.25) is 0 Å². The van der Waals surface area contributed by atoms with Gasteiger partial charge in [0.05, 0.1) is 17.1 Å². The van der Waals surface area contributed by atoms with E-state index < -0.39 is 0 Å². The third-order valence-corrected chi connectivity index (χ3v) is 4.23. The number of aromatic nitrogens is 3. The lowest BCUT2D eigenvalue weighted by Gasteiger charge is -2.00. The highest BCUT2D eigenvalue weighted by atomic mass is 15.0. The van der Waals surface area contributed by atoms with Crippen LogP contribution in [0.25, 0.3) is 22.3 Å². The van der Waals surface area contributed by atoms with Crippen LogP contribution in [0.4, 0.5) is 0 Å². The average Bonchev–Trinajstić information content (AvgIpc) is 3.09. The summed E-state index contributed by atoms with van der Waals surface area (Å²) in [7, 11) is 0. The molecular formula is C21H16N4. The van der Waals surface area contributed by atoms with Crippen molar-refractivity contribution in [1.82, 2.24) is 15.0 Å². The van der Waals surface area contributed by atoms with E-state index in [9.17, 15) is 0 Å². The molecule has 0 aliphatic heterocycles. The first kappa shape index (κ1) is 15.1. The zero-order valence-electron chi connectivity index (χ0n) is 13.6. The Morgan fingerprint density at radius 1 is 0.920 bits per heavy atom. The molecule has 0 unspecified atom stereocenters. The molecule has 0 atom stereocenters. The second kappa shape index (κ2) is 6.58. The summed E-state index contributed by atoms with van der Waals surface area (Å²) in [5.74, 6) is 0.928. The smallest absolute Gasteiger partial charge is 0.177 e. The molecule has 25 heavy (non-hydrogen) atoms. The molecule has 0 spiro atoms. The Balaban J connectivity index is 1.53. The predicted octanol–water partition coefficient (Wildman–Crippen LogP) is 4.28. The summed E-state index contributed by atoms with van der Waals surface area (Å²) in [6.45, 7) is 0. The highest BCUT2D eigenvalue weighted by Gasteiger charge is 2.07. The number of imidazole rings is 1. The van der Waals surface area contributed by atoms with E-state index in [0.717, 1.165) is 41.0 Å². The molecule has 4 rings (SSSR count). The molecule has 120 valence electrons. The van der Waals surface area contributed by atoms with Gasteiger partial charge in [0, 0.05) is 18.2 Å². The van der Waals surface area contributed by atoms with Crippen LogP contribution < -0.4 is 0 Å². The van der Waals surface area contributed by atoms with E-state index in [0.29, 0.717) is 5.56 Å². The predicted molar refractivity (Wildman–Crippen MR) is 97.9 cm³/mol. The number of benzene rings is 2. The molecule has 0 aliphatic carbocycles. The Labute approximate surface area is 145 Å². The van der Waals surface area contributed by atoms with Crippen LogP contribution in [0.3, 0.4) is 0 Å². The van der Waals surface area contributed by atoms with Crippen molar-refractivity contribution < 1.29 is 0 Å². The first-order valence-corrected chi connectivity index (χ1v) is 8.21. The van der Waals surface area contributed by atoms with Crippen molar-refractivity contribution in [2.75, 3.05) is 0 Å². The van der Waals surface area contributed by atoms with Gasteiger partial charge in [0.2, 0.25) is 0 Å². The summed E-state index contributed by atoms with van der Waals surface area (Å²) in [6, 6.07) is 22.1. The topological polar surface area (TPSA) is 65.4 Å². The highest BCUT2D eigenvalue weighted by Crippen LogP contribution is 2.21. The lowest BCUT2D eigenvalue weighted by Crippen LogP contribution is -1.93. The Hall–Kier alpha value is -3.45. The summed E-state index contributed by atoms with van der Waals surface area (Å²) in [5, 5.41) is 8.85. The van der Waals surface area contributed by atoms with Crippen LogP contribution in [-0.4, -0.2) is 15.0 Å². The summed E-state index contributed by atoms with van der Waals surface area (Å²) in [6.07, 6.45) is 3.54. The molecule has 2 aromatic carbocycles. The van der Waals surface area contributed by atoms with Crippen LogP contribution in [0.15, 0.2) is 66.9 Å². The fourth-order valence-electron chi connectivity index (χ4n) is 2.87. The molecule has 0 aliphatic rings. The van der Waals surface area contributed by atoms with E-state index in [2.05, 4.69) is 39.2 Å². The van der Waals surface area contributed by atoms with E-state index in [1.165, 1.54) is 5.56 Å². The van der Waals surface area contributed by atoms with Crippen LogP contribution in [0.1, 0.15) is 17.0 Å². The molecule has 2 aromatic heterocycles. The molecule has 0 radical (unpaired) electrons. The van der Waals surface area contributed by atoms with Crippen molar-refractivity contribution in [3.05, 3.63) is 83.8 Å². The van der Waals surface area contributed by atoms with Gasteiger partial charge >= 0.3 is 0 Å². The summed E-state index contributed by atoms with van der Waals surface area (Å²) in [5.41, 5.74) is 5.80. The van der Waals surface area contributed by atoms with E-state index in [1.807, 2.05) is 48.7 Å². The van der Waals surface area contributed by atoms with Gasteiger partial charge in [-0.25, -0.2) is 9.97 Å². The Bertz CT molecular complexity index is 1040. The maximum Gasteiger partial charge on any atom is 0.177 e. The van der Waals surface area contributed by atoms with Crippen molar-refractivity contribution in [2.45, 2.75) is 12.8 Å². The van der Waals surface area contributed by atoms with Crippen LogP contribution in [0.2, 0.25) is 0 Å². The average molecular weight is 324 g/mol. The molecule has 0 saturated carbocycles. The van der Waals surface area contributed by atoms with Gasteiger partial charge in [0.15, 0.2) is 5.65 Å². The molecule has 0 amide bonds. The zero-order chi connectivity index (χ0) is 17.1. The van der Waals surface area contributed by atoms with Gasteiger partial charge in [-0.05, 0) is 35.7 Å². The Morgan fingerprint density at radius 2 is 1.72 bits per heavy atom. The number of aromatic amines is 1. The largest absolute Gasteiger partial charge is 0.341 e. The van der Waals surface area contributed by atoms with Crippen molar-refractivity contribution >= 4 is 11.2 Å². The number of fused-ring (bicyclic) bond motifs is 1. The number of nitrogens with one attached hydrogen (secondary N) is 1. The minimum absolute atomic E-state index is 0.685. The maximum absolute atomic E-state index is 8.85. The van der Waals surface area contributed by atoms with Gasteiger partial charge in [-0.1, -0.05) is 42.5 Å². The van der Waals surface area contributed by atoms with Crippen molar-refractivity contribution in [3.63, 3.8) is 0 Å². The fourth-order valence-corrected chi connectivity index (χ4v) is 2.87. The van der Waals surface area contributed by atoms with Gasteiger partial charge in [-0.15, -0.1) is 0 Å². The Kier molecular flexibility index (Phi) is 3.97. The number of aryl methyl sites for hydroxylation is 2. The van der Waals surface area contributed by atoms with Crippen LogP contribution in [-0.2, 0) is 12.8 Å². The van der Waals surface area contributed by atoms with E-state index in [-0.39, 0.29) is 0 Å². The lowest BCUT2D eigenvalue weighted by atomic mass is 10.1. The number of hydrogen-bond acceptors (Lipinski definition) is 3. The molecule has 4 nitrogen and oxygen atoms in total. The normalized spacial score (nSPS) is 10.7. The number of H-pyrrole nitrogens is 1. The van der Waals surface area contributed by atoms with Gasteiger partial charge in [0.1, 0.15) is 5.82 Å². The van der Waals surface area contributed by atoms with E-state index in [1.54, 1.807) is 0 Å². The monoisotopic (exact) mass is 324 g/mol. The Morgan fingerprint density at radius 3 is 2.48 bits per heavy atom. The maximum atomic E-state index is 8.85. The van der Waals surface area contributed by atoms with Crippen LogP contribution in [0.5, 0.6) is 0 Å². The quantitative estimate of drug-likeness (QED) is 0.609. The van der Waals surface area contributed by atoms with Crippen molar-refractivity contribution in [1.29, 1.82) is 5.26 Å². The minimum Gasteiger partial charge on any atom is -0.341 e. The SMILES string of the molecule is N#Cc1ccc(CCc2nc3ncc(-c4ccccc4)cc3[nH]2)cc1. The third kappa shape index (κ3) is 3.26. The van der Waals surface area contributed by atoms with Gasteiger partial charge in [-0.2, -0.15) is 5.26 Å². The summed E-state index contributed by atoms with van der Waals surface area (Å²) < 4.78 is 0. The molecule has 4 aromatic rings. The standard InChI is InChI=1S/C21H16N4/c22-13-16-8-6-15(7-9-16)10-11-20-24-19-12-18(14-23-21(19)25-20)17-4-2-1-3-5-17/h1-9,12,14H,10-11H2,(H,23,24,25). The van der Waals surface area contributed by atoms with Gasteiger partial charge < -0.3 is 4.98 Å². The first-order valence-electron chi connectivity index (χ1n) is 8.21. The van der Waals surface area contributed by atoms with Crippen molar-refractivity contribution in [3.8, 4) is 17.2 Å². The molecule has 0 saturated heterocycles. The second-order valence-corrected chi connectivity index (χ2v) is 5.95. The molecule has 1 N–H and O–H groups in total. The number of nitrogens with zero attached hydrogens (tertiary/aromatic N) is 3. The van der Waals surface area contributed by atoms with E-state index in [4.69, 9.17) is 5.26 Å². The molecular weight excluding hydrogens is 308 g/mol. The fraction of sp³-hybridized carbons (Fsp3) is 0.0952. The van der Waals surface area contributed by atoms with Crippen molar-refractivity contribution in [2.24, 2.45) is 0 Å². The van der Waals surface area contributed by atoms with E-state index >= 15 is 0 Å². The first-order chi connectivity index (χ1) is 12.3. The second-order valence-electron chi connectivity index (χ2n) is 5.95. The number of rotatable bonds is 4. The number of hydrogen-bond donors (Lipinski definition) is 1. The molecule has 0 bridgehead atoms. The number of pyridine rings is 1. The zero-order valence-corrected chi connectivity index (χ0v) is 13.6. The molecule has 2 heterocycles. The lowest BCUT2D eigenvalue weighted by molar-refractivity contribution is 0.889. The number of nitriles is 1. The molecule has 0 fully saturated rings. The van der Waals surface area contributed by atoms with Crippen LogP contribution >= 0.6 is 0 Å². The molecule has 4 heteroatoms.